The second-order valence-corrected chi connectivity index (χ2v) is 27.4. The minimum absolute atomic E-state index is 0.0206. The quantitative estimate of drug-likeness (QED) is 0.0128. The third-order valence-corrected chi connectivity index (χ3v) is 18.4. The number of aliphatic hydroxyl groups is 4. The maximum atomic E-state index is 15.4. The standard InChI is InChI=1S/C75H105N17O19S2/c1-41(81-65(100)51(27-15-17-29-76)84-72(107)58(39-112)82-60(97)36-80-64(99)49(78)37-93)63(98)85-53(31-44-19-7-4-8-20-44)67(102)86-54(32-45-21-9-5-10-22-45)68(103)87-56(34-47-35-79-50-26-14-13-25-48(47)50)69(104)83-52(28-16-18-30-77)66(101)91-61(42(2)95)73(108)88-55(33-46-23-11-6-12-24-46)70(105)92-62(43(3)96)74(109)89-57(38-94)71(106)90-59(40-113)75(110)111/h4-14,19-26,35,41-43,49,51-59,61-62,79,93-96,112-113H,15-18,27-34,36-40,76-78H2,1-3H3,(H,80,99)(H,81,100)(H,82,97)(H,83,104)(H,84,107)(H,85,98)(H,86,102)(H,87,103)(H,88,108)(H,89,109)(H,90,106)(H,91,101)(H,92,105)(H,110,111)/t41-,42+,43+,49+,51-,52-,53-,54-,55-,56-,57-,58-,59-,61-,62-/m0/s1/i/hD3. The fraction of sp³-hybridized carbons (Fsp3) is 0.467. The molecule has 4 aromatic carbocycles. The molecule has 0 aliphatic carbocycles. The second-order valence-electron chi connectivity index (χ2n) is 26.7. The Bertz CT molecular complexity index is 4110. The Hall–Kier alpha value is -10.6. The number of H-pyrrole nitrogens is 1. The lowest BCUT2D eigenvalue weighted by Crippen LogP contribution is -2.63. The molecule has 616 valence electrons. The number of nitrogens with one attached hydrogen (secondary N) is 14. The van der Waals surface area contributed by atoms with E-state index in [1.54, 1.807) is 109 Å². The molecule has 5 aromatic rings. The number of aromatic amines is 1. The number of aliphatic carboxylic acids is 1. The van der Waals surface area contributed by atoms with Gasteiger partial charge < -0.3 is 117 Å². The smallest absolute Gasteiger partial charge is 0.327 e. The lowest BCUT2D eigenvalue weighted by atomic mass is 10.00. The van der Waals surface area contributed by atoms with Gasteiger partial charge in [0.25, 0.3) is 0 Å². The number of carbonyl (C=O) groups is 14. The van der Waals surface area contributed by atoms with Gasteiger partial charge in [0.2, 0.25) is 76.8 Å². The van der Waals surface area contributed by atoms with E-state index in [9.17, 15) is 76.3 Å². The van der Waals surface area contributed by atoms with Crippen molar-refractivity contribution in [3.63, 3.8) is 0 Å². The maximum Gasteiger partial charge on any atom is 0.327 e. The van der Waals surface area contributed by atoms with Crippen molar-refractivity contribution in [2.75, 3.05) is 44.4 Å². The number of carboxylic acid groups (broad SMARTS) is 1. The number of aromatic nitrogens is 1. The predicted molar refractivity (Wildman–Crippen MR) is 421 cm³/mol. The van der Waals surface area contributed by atoms with Gasteiger partial charge >= 0.3 is 5.97 Å². The zero-order valence-electron chi connectivity index (χ0n) is 65.6. The van der Waals surface area contributed by atoms with Gasteiger partial charge in [-0.2, -0.15) is 25.3 Å². The van der Waals surface area contributed by atoms with Crippen molar-refractivity contribution in [2.45, 2.75) is 176 Å². The van der Waals surface area contributed by atoms with Crippen LogP contribution < -0.4 is 86.3 Å². The number of nitrogens with two attached hydrogens (primary N) is 3. The number of unbranched alkanes of at least 4 members (excludes halogenated alkanes) is 2. The number of thiol groups is 2. The van der Waals surface area contributed by atoms with Gasteiger partial charge in [-0.25, -0.2) is 4.79 Å². The minimum atomic E-state index is -2.23. The second kappa shape index (κ2) is 48.4. The van der Waals surface area contributed by atoms with Crippen LogP contribution in [0.25, 0.3) is 10.9 Å². The van der Waals surface area contributed by atoms with Gasteiger partial charge in [-0.3, -0.25) is 62.3 Å². The van der Waals surface area contributed by atoms with E-state index in [1.165, 1.54) is 19.1 Å². The third-order valence-electron chi connectivity index (χ3n) is 17.7. The van der Waals surface area contributed by atoms with E-state index >= 15 is 19.2 Å². The molecule has 15 atom stereocenters. The Morgan fingerprint density at radius 2 is 0.841 bits per heavy atom. The molecule has 5 rings (SSSR count). The van der Waals surface area contributed by atoms with E-state index in [1.807, 2.05) is 5.32 Å². The summed E-state index contributed by atoms with van der Waals surface area (Å²) in [4.78, 5) is 199. The number of para-hydroxylation sites is 1. The average Bonchev–Trinajstić information content (AvgIpc) is 1.41. The molecule has 38 heteroatoms. The van der Waals surface area contributed by atoms with Crippen LogP contribution in [0.2, 0.25) is 4.24 Å². The van der Waals surface area contributed by atoms with Crippen LogP contribution >= 0.6 is 25.3 Å². The van der Waals surface area contributed by atoms with Gasteiger partial charge in [0.05, 0.1) is 32.0 Å². The molecule has 113 heavy (non-hydrogen) atoms. The first-order valence-corrected chi connectivity index (χ1v) is 37.8. The molecule has 0 spiro atoms. The molecular weight excluding hydrogens is 1510 g/mol. The van der Waals surface area contributed by atoms with Crippen molar-refractivity contribution in [3.05, 3.63) is 144 Å². The van der Waals surface area contributed by atoms with Crippen LogP contribution in [0.15, 0.2) is 121 Å². The highest BCUT2D eigenvalue weighted by Gasteiger charge is 2.39. The Balaban J connectivity index is 1.48. The zero-order chi connectivity index (χ0) is 85.9. The summed E-state index contributed by atoms with van der Waals surface area (Å²) < 4.78 is 27.4. The van der Waals surface area contributed by atoms with Crippen LogP contribution in [0.5, 0.6) is 0 Å². The lowest BCUT2D eigenvalue weighted by molar-refractivity contribution is -0.142. The van der Waals surface area contributed by atoms with Gasteiger partial charge in [-0.1, -0.05) is 109 Å². The largest absolute Gasteiger partial charge is 0.480 e. The summed E-state index contributed by atoms with van der Waals surface area (Å²) in [5.41, 5.74) is 19.4. The van der Waals surface area contributed by atoms with Crippen molar-refractivity contribution < 1.29 is 96.9 Å². The highest BCUT2D eigenvalue weighted by atomic mass is 32.1. The molecule has 36 nitrogen and oxygen atoms in total. The van der Waals surface area contributed by atoms with E-state index < -0.39 is 212 Å². The molecule has 0 saturated heterocycles. The molecule has 0 saturated carbocycles. The number of rotatable bonds is 49. The van der Waals surface area contributed by atoms with Gasteiger partial charge in [0.15, 0.2) is 4.24 Å². The Morgan fingerprint density at radius 3 is 1.35 bits per heavy atom. The first kappa shape index (κ1) is 88.0. The summed E-state index contributed by atoms with van der Waals surface area (Å²) in [6.07, 6.45) is -3.06. The molecule has 0 unspecified atom stereocenters. The van der Waals surface area contributed by atoms with E-state index in [4.69, 9.17) is 18.6 Å². The van der Waals surface area contributed by atoms with Crippen molar-refractivity contribution in [1.82, 2.24) is 74.1 Å². The first-order chi connectivity index (χ1) is 55.2. The Morgan fingerprint density at radius 1 is 0.425 bits per heavy atom. The topological polar surface area (TPSA) is 590 Å². The summed E-state index contributed by atoms with van der Waals surface area (Å²) in [6.45, 7) is 1.03. The maximum absolute atomic E-state index is 15.4. The number of hydrogen-bond donors (Lipinski definition) is 24. The van der Waals surface area contributed by atoms with Crippen LogP contribution in [-0.4, -0.2) is 248 Å². The minimum Gasteiger partial charge on any atom is -0.480 e. The normalized spacial score (nSPS) is 15.5. The molecular formula is C75H105N17O19S2. The van der Waals surface area contributed by atoms with Crippen molar-refractivity contribution >= 4 is 119 Å². The highest BCUT2D eigenvalue weighted by molar-refractivity contribution is 7.80. The summed E-state index contributed by atoms with van der Waals surface area (Å²) in [5.74, 6) is -16.8. The molecule has 1 aromatic heterocycles. The number of amides is 13. The molecule has 0 bridgehead atoms. The molecule has 0 aliphatic rings. The van der Waals surface area contributed by atoms with Crippen molar-refractivity contribution in [3.8, 4) is 0 Å². The highest BCUT2D eigenvalue weighted by Crippen LogP contribution is 2.21. The summed E-state index contributed by atoms with van der Waals surface area (Å²) in [7, 11) is 0. The van der Waals surface area contributed by atoms with E-state index in [0.717, 1.165) is 13.8 Å². The molecule has 0 aliphatic heterocycles. The van der Waals surface area contributed by atoms with Crippen LogP contribution in [0, 0.1) is 0 Å². The van der Waals surface area contributed by atoms with Crippen LogP contribution in [0.3, 0.4) is 0 Å². The van der Waals surface area contributed by atoms with Gasteiger partial charge in [0.1, 0.15) is 78.5 Å². The van der Waals surface area contributed by atoms with Crippen LogP contribution in [0.4, 0.5) is 0 Å². The predicted octanol–water partition coefficient (Wildman–Crippen LogP) is -5.33. The fourth-order valence-electron chi connectivity index (χ4n) is 11.3. The number of carbonyl (C=O) groups excluding carboxylic acids is 13. The average molecular weight is 1620 g/mol. The monoisotopic (exact) mass is 1610 g/mol. The van der Waals surface area contributed by atoms with E-state index in [-0.39, 0.29) is 68.0 Å². The number of benzene rings is 4. The fourth-order valence-corrected chi connectivity index (χ4v) is 11.8. The molecule has 13 amide bonds. The third kappa shape index (κ3) is 30.8. The number of aliphatic hydroxyl groups excluding tert-OH is 4. The van der Waals surface area contributed by atoms with Crippen molar-refractivity contribution in [2.24, 2.45) is 17.2 Å². The number of fused-ring (bicyclic) bond motifs is 1. The molecule has 25 N–H and O–H groups in total. The van der Waals surface area contributed by atoms with Gasteiger partial charge in [-0.05, 0) is 101 Å². The van der Waals surface area contributed by atoms with Crippen LogP contribution in [0.1, 0.15) is 81.5 Å². The molecule has 1 heterocycles. The summed E-state index contributed by atoms with van der Waals surface area (Å²) in [5, 5.41) is 76.2. The Labute approximate surface area is 667 Å². The van der Waals surface area contributed by atoms with E-state index in [2.05, 4.69) is 78.1 Å². The summed E-state index contributed by atoms with van der Waals surface area (Å²) >= 11 is 8.05. The van der Waals surface area contributed by atoms with Crippen molar-refractivity contribution in [1.29, 1.82) is 0 Å². The van der Waals surface area contributed by atoms with E-state index in [0.29, 0.717) is 51.3 Å². The Kier molecular flexibility index (Phi) is 37.7. The SMILES string of the molecule is [2H]N(C(=O)[C@H](CCCCN)NC(=O)[C@H](Cc1c[nH]c2ccccc12)NC(=O)[C@H](Cc1ccccc1)N([2H])C(=O)[C@H](Cc1ccccc1)NC(=O)[C@H](C)NC(=O)[C@H](CCCCN)NC(=O)[C@H](CS)NC(=O)CNC(=O)[C@H](N)CO)[C@H](C(=O)N[C@@H](Cc1ccccc1)C(=O)N[C@H](C(=O)N([2H])[C@@H](CO)C(=O)N[C@@H](CS)C(=O)O)[C@@H](C)O)[C@@H](C)O. The number of hydrogen-bond acceptors (Lipinski definition) is 23. The number of carboxylic acids is 1. The summed E-state index contributed by atoms with van der Waals surface area (Å²) in [6, 6.07) is 8.66. The van der Waals surface area contributed by atoms with Gasteiger partial charge in [0, 0.05) is 54.3 Å². The zero-order valence-corrected chi connectivity index (χ0v) is 64.4. The first-order valence-electron chi connectivity index (χ1n) is 37.9. The molecule has 0 radical (unpaired) electrons. The van der Waals surface area contributed by atoms with Crippen LogP contribution in [-0.2, 0) is 92.8 Å². The molecule has 0 fully saturated rings. The van der Waals surface area contributed by atoms with Gasteiger partial charge in [-0.15, -0.1) is 0 Å². The lowest BCUT2D eigenvalue weighted by Gasteiger charge is -2.29.